The second-order valence-corrected chi connectivity index (χ2v) is 6.06. The van der Waals surface area contributed by atoms with Crippen molar-refractivity contribution in [1.29, 1.82) is 0 Å². The van der Waals surface area contributed by atoms with Gasteiger partial charge in [0.15, 0.2) is 11.9 Å². The van der Waals surface area contributed by atoms with Crippen LogP contribution in [0.5, 0.6) is 0 Å². The van der Waals surface area contributed by atoms with Crippen molar-refractivity contribution in [2.75, 3.05) is 5.32 Å². The molecule has 0 aliphatic carbocycles. The molecule has 1 aromatic heterocycles. The van der Waals surface area contributed by atoms with Crippen LogP contribution in [0.3, 0.4) is 0 Å². The van der Waals surface area contributed by atoms with Gasteiger partial charge in [-0.05, 0) is 31.2 Å². The largest absolute Gasteiger partial charge is 0.459 e. The number of nitrogens with one attached hydrogen (secondary N) is 2. The molecule has 1 atom stereocenters. The minimum atomic E-state index is -1.10. The van der Waals surface area contributed by atoms with Gasteiger partial charge in [-0.1, -0.05) is 29.8 Å². The number of nitrogens with zero attached hydrogens (tertiary/aromatic N) is 1. The number of carbonyl (C=O) groups is 2. The Morgan fingerprint density at radius 2 is 1.71 bits per heavy atom. The molecule has 0 saturated heterocycles. The highest BCUT2D eigenvalue weighted by Gasteiger charge is 2.24. The number of nitro benzene ring substituents is 1. The van der Waals surface area contributed by atoms with E-state index >= 15 is 0 Å². The van der Waals surface area contributed by atoms with Gasteiger partial charge in [-0.2, -0.15) is 0 Å². The summed E-state index contributed by atoms with van der Waals surface area (Å²) in [5, 5.41) is 16.3. The molecule has 0 saturated carbocycles. The van der Waals surface area contributed by atoms with Crippen molar-refractivity contribution < 1.29 is 18.9 Å². The number of furan rings is 1. The zero-order chi connectivity index (χ0) is 20.1. The number of aryl methyl sites for hydroxylation is 1. The summed E-state index contributed by atoms with van der Waals surface area (Å²) in [4.78, 5) is 35.6. The molecule has 0 aliphatic rings. The number of nitro groups is 1. The summed E-state index contributed by atoms with van der Waals surface area (Å²) in [5.41, 5.74) is 1.77. The molecular formula is C20H17N3O5. The Morgan fingerprint density at radius 3 is 2.29 bits per heavy atom. The van der Waals surface area contributed by atoms with Gasteiger partial charge < -0.3 is 15.1 Å². The van der Waals surface area contributed by atoms with Crippen LogP contribution in [0, 0.1) is 17.0 Å². The summed E-state index contributed by atoms with van der Waals surface area (Å²) in [6, 6.07) is 15.5. The van der Waals surface area contributed by atoms with Crippen molar-refractivity contribution in [2.45, 2.75) is 13.1 Å². The van der Waals surface area contributed by atoms with Gasteiger partial charge in [-0.15, -0.1) is 0 Å². The molecule has 1 amide bonds. The van der Waals surface area contributed by atoms with Crippen LogP contribution in [-0.2, 0) is 0 Å². The minimum Gasteiger partial charge on any atom is -0.459 e. The summed E-state index contributed by atoms with van der Waals surface area (Å²) in [6.07, 6.45) is 0.261. The maximum Gasteiger partial charge on any atom is 0.288 e. The highest BCUT2D eigenvalue weighted by Crippen LogP contribution is 2.17. The first-order valence-electron chi connectivity index (χ1n) is 8.40. The van der Waals surface area contributed by atoms with Gasteiger partial charge in [-0.25, -0.2) is 0 Å². The van der Waals surface area contributed by atoms with Crippen LogP contribution in [0.15, 0.2) is 71.3 Å². The summed E-state index contributed by atoms with van der Waals surface area (Å²) in [6.45, 7) is 1.90. The van der Waals surface area contributed by atoms with Gasteiger partial charge in [0.25, 0.3) is 11.6 Å². The molecule has 0 fully saturated rings. The number of anilines is 1. The van der Waals surface area contributed by atoms with Crippen molar-refractivity contribution in [3.8, 4) is 0 Å². The minimum absolute atomic E-state index is 0.0622. The van der Waals surface area contributed by atoms with Crippen molar-refractivity contribution in [2.24, 2.45) is 0 Å². The monoisotopic (exact) mass is 379 g/mol. The SMILES string of the molecule is Cc1ccc(C(=O)C(NC(=O)c2ccco2)Nc2ccc([N+](=O)[O-])cc2)cc1. The Balaban J connectivity index is 1.84. The van der Waals surface area contributed by atoms with Crippen LogP contribution in [-0.4, -0.2) is 22.8 Å². The van der Waals surface area contributed by atoms with E-state index in [2.05, 4.69) is 10.6 Å². The van der Waals surface area contributed by atoms with Gasteiger partial charge in [0.05, 0.1) is 11.2 Å². The lowest BCUT2D eigenvalue weighted by Gasteiger charge is -2.20. The molecule has 2 aromatic carbocycles. The number of amides is 1. The quantitative estimate of drug-likeness (QED) is 0.281. The number of ketones is 1. The highest BCUT2D eigenvalue weighted by molar-refractivity contribution is 6.04. The summed E-state index contributed by atoms with van der Waals surface area (Å²) >= 11 is 0. The van der Waals surface area contributed by atoms with Crippen LogP contribution in [0.4, 0.5) is 11.4 Å². The summed E-state index contributed by atoms with van der Waals surface area (Å²) < 4.78 is 5.06. The van der Waals surface area contributed by atoms with E-state index in [9.17, 15) is 19.7 Å². The molecule has 0 radical (unpaired) electrons. The van der Waals surface area contributed by atoms with Crippen molar-refractivity contribution in [3.05, 3.63) is 93.9 Å². The van der Waals surface area contributed by atoms with Crippen molar-refractivity contribution >= 4 is 23.1 Å². The van der Waals surface area contributed by atoms with E-state index in [-0.39, 0.29) is 17.2 Å². The smallest absolute Gasteiger partial charge is 0.288 e. The molecule has 2 N–H and O–H groups in total. The van der Waals surface area contributed by atoms with E-state index in [1.807, 2.05) is 6.92 Å². The first-order chi connectivity index (χ1) is 13.4. The molecule has 1 heterocycles. The topological polar surface area (TPSA) is 114 Å². The fourth-order valence-electron chi connectivity index (χ4n) is 2.51. The Morgan fingerprint density at radius 1 is 1.04 bits per heavy atom. The van der Waals surface area contributed by atoms with E-state index in [0.29, 0.717) is 11.3 Å². The molecule has 8 heteroatoms. The van der Waals surface area contributed by atoms with E-state index in [1.54, 1.807) is 30.3 Å². The molecule has 0 spiro atoms. The zero-order valence-corrected chi connectivity index (χ0v) is 14.9. The fourth-order valence-corrected chi connectivity index (χ4v) is 2.51. The average molecular weight is 379 g/mol. The lowest BCUT2D eigenvalue weighted by molar-refractivity contribution is -0.384. The van der Waals surface area contributed by atoms with Gasteiger partial charge >= 0.3 is 0 Å². The number of benzene rings is 2. The Bertz CT molecular complexity index is 980. The highest BCUT2D eigenvalue weighted by atomic mass is 16.6. The van der Waals surface area contributed by atoms with E-state index in [4.69, 9.17) is 4.42 Å². The lowest BCUT2D eigenvalue weighted by Crippen LogP contribution is -2.46. The zero-order valence-electron chi connectivity index (χ0n) is 14.9. The van der Waals surface area contributed by atoms with Crippen LogP contribution in [0.25, 0.3) is 0 Å². The summed E-state index contributed by atoms with van der Waals surface area (Å²) in [7, 11) is 0. The maximum atomic E-state index is 12.9. The van der Waals surface area contributed by atoms with Gasteiger partial charge in [0, 0.05) is 23.4 Å². The predicted octanol–water partition coefficient (Wildman–Crippen LogP) is 3.55. The molecule has 0 bridgehead atoms. The van der Waals surface area contributed by atoms with Crippen molar-refractivity contribution in [1.82, 2.24) is 5.32 Å². The normalized spacial score (nSPS) is 11.5. The van der Waals surface area contributed by atoms with Gasteiger partial charge in [0.1, 0.15) is 0 Å². The number of hydrogen-bond acceptors (Lipinski definition) is 6. The molecule has 0 aliphatic heterocycles. The molecule has 1 unspecified atom stereocenters. The molecular weight excluding hydrogens is 362 g/mol. The Labute approximate surface area is 160 Å². The fraction of sp³-hybridized carbons (Fsp3) is 0.100. The summed E-state index contributed by atoms with van der Waals surface area (Å²) in [5.74, 6) is -0.865. The number of carbonyl (C=O) groups excluding carboxylic acids is 2. The second kappa shape index (κ2) is 8.17. The molecule has 28 heavy (non-hydrogen) atoms. The van der Waals surface area contributed by atoms with Gasteiger partial charge in [0.2, 0.25) is 5.78 Å². The van der Waals surface area contributed by atoms with Crippen molar-refractivity contribution in [3.63, 3.8) is 0 Å². The maximum absolute atomic E-state index is 12.9. The average Bonchev–Trinajstić information content (AvgIpc) is 3.23. The third-order valence-corrected chi connectivity index (χ3v) is 4.01. The molecule has 8 nitrogen and oxygen atoms in total. The van der Waals surface area contributed by atoms with Crippen LogP contribution < -0.4 is 10.6 Å². The molecule has 142 valence electrons. The number of non-ortho nitro benzene ring substituents is 1. The van der Waals surface area contributed by atoms with E-state index in [0.717, 1.165) is 5.56 Å². The Kier molecular flexibility index (Phi) is 5.50. The molecule has 3 rings (SSSR count). The number of hydrogen-bond donors (Lipinski definition) is 2. The number of Topliss-reactive ketones (excluding diaryl/α,β-unsaturated/α-hetero) is 1. The first kappa shape index (κ1) is 18.8. The lowest BCUT2D eigenvalue weighted by atomic mass is 10.1. The van der Waals surface area contributed by atoms with Gasteiger partial charge in [-0.3, -0.25) is 19.7 Å². The number of rotatable bonds is 7. The Hall–Kier alpha value is -3.94. The standard InChI is InChI=1S/C20H17N3O5/c1-13-4-6-14(7-5-13)18(24)19(22-20(25)17-3-2-12-28-17)21-15-8-10-16(11-9-15)23(26)27/h2-12,19,21H,1H3,(H,22,25). The third-order valence-electron chi connectivity index (χ3n) is 4.01. The third kappa shape index (κ3) is 4.42. The van der Waals surface area contributed by atoms with E-state index in [1.165, 1.54) is 36.6 Å². The van der Waals surface area contributed by atoms with Crippen LogP contribution in [0.2, 0.25) is 0 Å². The predicted molar refractivity (Wildman–Crippen MR) is 102 cm³/mol. The first-order valence-corrected chi connectivity index (χ1v) is 8.40. The van der Waals surface area contributed by atoms with E-state index < -0.39 is 17.0 Å². The molecule has 3 aromatic rings. The van der Waals surface area contributed by atoms with Crippen LogP contribution in [0.1, 0.15) is 26.5 Å². The van der Waals surface area contributed by atoms with Crippen LogP contribution >= 0.6 is 0 Å². The second-order valence-electron chi connectivity index (χ2n) is 6.06.